The van der Waals surface area contributed by atoms with E-state index in [4.69, 9.17) is 5.21 Å². The molecule has 0 aliphatic heterocycles. The molecule has 2 N–H and O–H groups in total. The second kappa shape index (κ2) is 4.63. The first kappa shape index (κ1) is 11.1. The van der Waals surface area contributed by atoms with Gasteiger partial charge in [0.05, 0.1) is 10.4 Å². The van der Waals surface area contributed by atoms with Gasteiger partial charge in [-0.25, -0.2) is 0 Å². The van der Waals surface area contributed by atoms with Crippen LogP contribution in [-0.2, 0) is 0 Å². The molecule has 0 aliphatic rings. The topological polar surface area (TPSA) is 65.7 Å². The molecular weight excluding hydrogens is 292 g/mol. The van der Waals surface area contributed by atoms with E-state index in [1.165, 1.54) is 17.4 Å². The lowest BCUT2D eigenvalue weighted by atomic mass is 10.1. The van der Waals surface area contributed by atoms with Crippen LogP contribution in [0.4, 0.5) is 0 Å². The molecule has 0 atom stereocenters. The maximum absolute atomic E-state index is 9.71. The molecule has 0 radical (unpaired) electrons. The standard InChI is InChI=1S/C10H7BrN2O2S/c11-6-1-2-8(14)7(3-6)10(13-15)9-4-12-5-16-9/h1-5,14-15H/b13-10-. The first-order valence-electron chi connectivity index (χ1n) is 4.32. The molecule has 0 spiro atoms. The first-order chi connectivity index (χ1) is 7.72. The van der Waals surface area contributed by atoms with E-state index in [1.807, 2.05) is 0 Å². The van der Waals surface area contributed by atoms with Crippen molar-refractivity contribution in [3.8, 4) is 5.75 Å². The Morgan fingerprint density at radius 3 is 2.88 bits per heavy atom. The predicted molar refractivity (Wildman–Crippen MR) is 65.3 cm³/mol. The Hall–Kier alpha value is -1.40. The molecule has 6 heteroatoms. The molecule has 2 aromatic rings. The van der Waals surface area contributed by atoms with Crippen molar-refractivity contribution in [1.29, 1.82) is 0 Å². The van der Waals surface area contributed by atoms with Gasteiger partial charge in [0.1, 0.15) is 11.5 Å². The number of hydrogen-bond acceptors (Lipinski definition) is 5. The van der Waals surface area contributed by atoms with E-state index < -0.39 is 0 Å². The van der Waals surface area contributed by atoms with E-state index in [0.29, 0.717) is 16.2 Å². The van der Waals surface area contributed by atoms with Gasteiger partial charge < -0.3 is 10.3 Å². The smallest absolute Gasteiger partial charge is 0.132 e. The summed E-state index contributed by atoms with van der Waals surface area (Å²) in [7, 11) is 0. The Morgan fingerprint density at radius 2 is 2.25 bits per heavy atom. The number of phenols is 1. The Labute approximate surface area is 104 Å². The van der Waals surface area contributed by atoms with Crippen LogP contribution >= 0.6 is 27.3 Å². The number of oxime groups is 1. The molecular formula is C10H7BrN2O2S. The van der Waals surface area contributed by atoms with E-state index in [-0.39, 0.29) is 5.75 Å². The minimum absolute atomic E-state index is 0.0596. The van der Waals surface area contributed by atoms with Crippen LogP contribution in [0.25, 0.3) is 0 Å². The number of benzene rings is 1. The summed E-state index contributed by atoms with van der Waals surface area (Å²) in [5.74, 6) is 0.0596. The van der Waals surface area contributed by atoms with E-state index in [1.54, 1.807) is 23.8 Å². The zero-order valence-corrected chi connectivity index (χ0v) is 10.4. The molecule has 82 valence electrons. The third-order valence-electron chi connectivity index (χ3n) is 1.98. The lowest BCUT2D eigenvalue weighted by molar-refractivity contribution is 0.319. The second-order valence-electron chi connectivity index (χ2n) is 2.98. The van der Waals surface area contributed by atoms with Crippen molar-refractivity contribution in [2.24, 2.45) is 5.16 Å². The molecule has 0 bridgehead atoms. The number of phenolic OH excluding ortho intramolecular Hbond substituents is 1. The molecule has 0 unspecified atom stereocenters. The summed E-state index contributed by atoms with van der Waals surface area (Å²) in [6, 6.07) is 4.93. The third-order valence-corrected chi connectivity index (χ3v) is 3.25. The van der Waals surface area contributed by atoms with Gasteiger partial charge >= 0.3 is 0 Å². The van der Waals surface area contributed by atoms with Crippen molar-refractivity contribution in [3.63, 3.8) is 0 Å². The molecule has 4 nitrogen and oxygen atoms in total. The minimum atomic E-state index is 0.0596. The van der Waals surface area contributed by atoms with Gasteiger partial charge in [0.2, 0.25) is 0 Å². The second-order valence-corrected chi connectivity index (χ2v) is 4.78. The van der Waals surface area contributed by atoms with E-state index in [9.17, 15) is 5.11 Å². The zero-order valence-electron chi connectivity index (χ0n) is 7.96. The fourth-order valence-electron chi connectivity index (χ4n) is 1.27. The lowest BCUT2D eigenvalue weighted by Crippen LogP contribution is -2.01. The highest BCUT2D eigenvalue weighted by molar-refractivity contribution is 9.10. The molecule has 0 fully saturated rings. The number of hydrogen-bond donors (Lipinski definition) is 2. The molecule has 0 saturated heterocycles. The number of rotatable bonds is 2. The maximum Gasteiger partial charge on any atom is 0.132 e. The van der Waals surface area contributed by atoms with Crippen molar-refractivity contribution in [2.45, 2.75) is 0 Å². The van der Waals surface area contributed by atoms with Gasteiger partial charge in [-0.15, -0.1) is 11.3 Å². The van der Waals surface area contributed by atoms with Gasteiger partial charge in [-0.2, -0.15) is 0 Å². The van der Waals surface area contributed by atoms with Crippen LogP contribution in [0.2, 0.25) is 0 Å². The van der Waals surface area contributed by atoms with Crippen LogP contribution in [0.3, 0.4) is 0 Å². The highest BCUT2D eigenvalue weighted by Gasteiger charge is 2.14. The molecule has 0 amide bonds. The molecule has 0 saturated carbocycles. The van der Waals surface area contributed by atoms with Crippen molar-refractivity contribution in [3.05, 3.63) is 44.8 Å². The van der Waals surface area contributed by atoms with Crippen LogP contribution in [0.1, 0.15) is 10.4 Å². The number of thiazole rings is 1. The zero-order chi connectivity index (χ0) is 11.5. The van der Waals surface area contributed by atoms with Gasteiger partial charge in [0.25, 0.3) is 0 Å². The quantitative estimate of drug-likeness (QED) is 0.509. The van der Waals surface area contributed by atoms with Crippen molar-refractivity contribution >= 4 is 33.0 Å². The molecule has 1 aromatic carbocycles. The number of nitrogens with zero attached hydrogens (tertiary/aromatic N) is 2. The average molecular weight is 299 g/mol. The number of aromatic nitrogens is 1. The van der Waals surface area contributed by atoms with Gasteiger partial charge in [-0.3, -0.25) is 4.98 Å². The largest absolute Gasteiger partial charge is 0.507 e. The summed E-state index contributed by atoms with van der Waals surface area (Å²) in [6.45, 7) is 0. The summed E-state index contributed by atoms with van der Waals surface area (Å²) >= 11 is 4.63. The van der Waals surface area contributed by atoms with Gasteiger partial charge in [-0.05, 0) is 18.2 Å². The summed E-state index contributed by atoms with van der Waals surface area (Å²) < 4.78 is 0.797. The SMILES string of the molecule is O/N=C(\c1cncs1)c1cc(Br)ccc1O. The van der Waals surface area contributed by atoms with E-state index in [2.05, 4.69) is 26.1 Å². The Morgan fingerprint density at radius 1 is 1.44 bits per heavy atom. The van der Waals surface area contributed by atoms with Crippen LogP contribution in [0.15, 0.2) is 39.5 Å². The van der Waals surface area contributed by atoms with Crippen LogP contribution in [-0.4, -0.2) is 21.0 Å². The summed E-state index contributed by atoms with van der Waals surface area (Å²) in [6.07, 6.45) is 1.58. The van der Waals surface area contributed by atoms with Gasteiger partial charge in [0, 0.05) is 16.2 Å². The Bertz CT molecular complexity index is 526. The van der Waals surface area contributed by atoms with Crippen LogP contribution in [0, 0.1) is 0 Å². The first-order valence-corrected chi connectivity index (χ1v) is 5.99. The fraction of sp³-hybridized carbons (Fsp3) is 0. The Kier molecular flexibility index (Phi) is 3.21. The molecule has 16 heavy (non-hydrogen) atoms. The van der Waals surface area contributed by atoms with E-state index in [0.717, 1.165) is 4.47 Å². The number of aromatic hydroxyl groups is 1. The third kappa shape index (κ3) is 2.07. The predicted octanol–water partition coefficient (Wildman–Crippen LogP) is 2.84. The number of halogens is 1. The average Bonchev–Trinajstić information content (AvgIpc) is 2.78. The van der Waals surface area contributed by atoms with Crippen molar-refractivity contribution in [2.75, 3.05) is 0 Å². The summed E-state index contributed by atoms with van der Waals surface area (Å²) in [5.41, 5.74) is 2.40. The summed E-state index contributed by atoms with van der Waals surface area (Å²) in [5, 5.41) is 21.9. The van der Waals surface area contributed by atoms with Crippen LogP contribution in [0.5, 0.6) is 5.75 Å². The van der Waals surface area contributed by atoms with Crippen molar-refractivity contribution < 1.29 is 10.3 Å². The molecule has 0 aliphatic carbocycles. The monoisotopic (exact) mass is 298 g/mol. The Balaban J connectivity index is 2.54. The van der Waals surface area contributed by atoms with Crippen molar-refractivity contribution in [1.82, 2.24) is 4.98 Å². The normalized spacial score (nSPS) is 11.7. The molecule has 1 heterocycles. The lowest BCUT2D eigenvalue weighted by Gasteiger charge is -2.05. The maximum atomic E-state index is 9.71. The summed E-state index contributed by atoms with van der Waals surface area (Å²) in [4.78, 5) is 4.59. The highest BCUT2D eigenvalue weighted by atomic mass is 79.9. The van der Waals surface area contributed by atoms with Gasteiger partial charge in [0.15, 0.2) is 0 Å². The van der Waals surface area contributed by atoms with Crippen LogP contribution < -0.4 is 0 Å². The molecule has 2 rings (SSSR count). The van der Waals surface area contributed by atoms with Gasteiger partial charge in [-0.1, -0.05) is 21.1 Å². The molecule has 1 aromatic heterocycles. The fourth-order valence-corrected chi connectivity index (χ4v) is 2.25. The minimum Gasteiger partial charge on any atom is -0.507 e. The highest BCUT2D eigenvalue weighted by Crippen LogP contribution is 2.26. The van der Waals surface area contributed by atoms with E-state index >= 15 is 0 Å².